The van der Waals surface area contributed by atoms with Gasteiger partial charge in [0.2, 0.25) is 0 Å². The molecule has 0 aromatic heterocycles. The van der Waals surface area contributed by atoms with Gasteiger partial charge in [-0.25, -0.2) is 0 Å². The van der Waals surface area contributed by atoms with E-state index in [1.54, 1.807) is 0 Å². The van der Waals surface area contributed by atoms with E-state index in [4.69, 9.17) is 5.26 Å². The van der Waals surface area contributed by atoms with Crippen LogP contribution in [0, 0.1) is 11.3 Å². The lowest BCUT2D eigenvalue weighted by Crippen LogP contribution is -1.98. The number of benzene rings is 2. The molecule has 0 heterocycles. The largest absolute Gasteiger partial charge is 0.269 e. The second kappa shape index (κ2) is 3.88. The molecular formula is C15H10N2. The van der Waals surface area contributed by atoms with Crippen LogP contribution in [0.15, 0.2) is 53.5 Å². The monoisotopic (exact) mass is 218 g/mol. The van der Waals surface area contributed by atoms with Crippen molar-refractivity contribution in [2.24, 2.45) is 4.99 Å². The zero-order valence-corrected chi connectivity index (χ0v) is 9.22. The SMILES string of the molecule is N#CCN=C1c2ccccc2-c2ccccc21. The van der Waals surface area contributed by atoms with Crippen LogP contribution in [0.2, 0.25) is 0 Å². The molecule has 0 atom stereocenters. The van der Waals surface area contributed by atoms with E-state index in [1.165, 1.54) is 11.1 Å². The Bertz CT molecular complexity index is 600. The average molecular weight is 218 g/mol. The van der Waals surface area contributed by atoms with E-state index in [9.17, 15) is 0 Å². The van der Waals surface area contributed by atoms with E-state index >= 15 is 0 Å². The quantitative estimate of drug-likeness (QED) is 0.578. The Kier molecular flexibility index (Phi) is 2.23. The number of hydrogen-bond acceptors (Lipinski definition) is 2. The molecule has 0 spiro atoms. The van der Waals surface area contributed by atoms with Crippen molar-refractivity contribution in [2.45, 2.75) is 0 Å². The van der Waals surface area contributed by atoms with Gasteiger partial charge in [0.25, 0.3) is 0 Å². The number of rotatable bonds is 1. The third-order valence-corrected chi connectivity index (χ3v) is 2.96. The third-order valence-electron chi connectivity index (χ3n) is 2.96. The van der Waals surface area contributed by atoms with Crippen molar-refractivity contribution in [3.8, 4) is 17.2 Å². The molecule has 0 aliphatic heterocycles. The Hall–Kier alpha value is -2.40. The highest BCUT2D eigenvalue weighted by Crippen LogP contribution is 2.36. The molecule has 2 aromatic rings. The van der Waals surface area contributed by atoms with Crippen LogP contribution >= 0.6 is 0 Å². The highest BCUT2D eigenvalue weighted by Gasteiger charge is 2.23. The van der Waals surface area contributed by atoms with Crippen LogP contribution in [-0.4, -0.2) is 12.3 Å². The summed E-state index contributed by atoms with van der Waals surface area (Å²) < 4.78 is 0. The molecule has 0 saturated carbocycles. The van der Waals surface area contributed by atoms with Gasteiger partial charge in [0.15, 0.2) is 0 Å². The van der Waals surface area contributed by atoms with Gasteiger partial charge in [0.1, 0.15) is 6.54 Å². The molecule has 3 rings (SSSR count). The van der Waals surface area contributed by atoms with Crippen molar-refractivity contribution in [3.05, 3.63) is 59.7 Å². The van der Waals surface area contributed by atoms with Gasteiger partial charge >= 0.3 is 0 Å². The van der Waals surface area contributed by atoms with Gasteiger partial charge < -0.3 is 0 Å². The van der Waals surface area contributed by atoms with Gasteiger partial charge in [-0.2, -0.15) is 5.26 Å². The lowest BCUT2D eigenvalue weighted by Gasteiger charge is -1.99. The molecule has 1 aliphatic rings. The Morgan fingerprint density at radius 1 is 0.824 bits per heavy atom. The van der Waals surface area contributed by atoms with Gasteiger partial charge in [-0.3, -0.25) is 4.99 Å². The first-order valence-electron chi connectivity index (χ1n) is 5.52. The molecule has 0 fully saturated rings. The van der Waals surface area contributed by atoms with Gasteiger partial charge in [0.05, 0.1) is 11.8 Å². The Morgan fingerprint density at radius 3 is 1.76 bits per heavy atom. The Balaban J connectivity index is 2.28. The second-order valence-corrected chi connectivity index (χ2v) is 3.91. The fourth-order valence-electron chi connectivity index (χ4n) is 2.28. The maximum atomic E-state index is 8.67. The number of fused-ring (bicyclic) bond motifs is 3. The van der Waals surface area contributed by atoms with Crippen molar-refractivity contribution in [2.75, 3.05) is 6.54 Å². The molecule has 0 radical (unpaired) electrons. The summed E-state index contributed by atoms with van der Waals surface area (Å²) in [5.41, 5.74) is 5.62. The van der Waals surface area contributed by atoms with Crippen LogP contribution in [-0.2, 0) is 0 Å². The van der Waals surface area contributed by atoms with Gasteiger partial charge in [0, 0.05) is 11.1 Å². The molecule has 17 heavy (non-hydrogen) atoms. The first-order valence-corrected chi connectivity index (χ1v) is 5.52. The zero-order valence-electron chi connectivity index (χ0n) is 9.22. The predicted molar refractivity (Wildman–Crippen MR) is 68.0 cm³/mol. The normalized spacial score (nSPS) is 11.6. The molecule has 0 saturated heterocycles. The first kappa shape index (κ1) is 9.80. The van der Waals surface area contributed by atoms with E-state index in [0.717, 1.165) is 16.8 Å². The number of hydrogen-bond donors (Lipinski definition) is 0. The summed E-state index contributed by atoms with van der Waals surface area (Å²) in [4.78, 5) is 4.38. The standard InChI is InChI=1S/C15H10N2/c16-9-10-17-15-13-7-3-1-5-11(13)12-6-2-4-8-14(12)15/h1-8H,10H2. The summed E-state index contributed by atoms with van der Waals surface area (Å²) in [6, 6.07) is 18.5. The molecule has 2 nitrogen and oxygen atoms in total. The topological polar surface area (TPSA) is 36.1 Å². The van der Waals surface area contributed by atoms with E-state index in [2.05, 4.69) is 35.3 Å². The van der Waals surface area contributed by atoms with Crippen LogP contribution < -0.4 is 0 Å². The highest BCUT2D eigenvalue weighted by molar-refractivity contribution is 6.24. The smallest absolute Gasteiger partial charge is 0.126 e. The maximum absolute atomic E-state index is 8.67. The van der Waals surface area contributed by atoms with E-state index in [1.807, 2.05) is 24.3 Å². The fraction of sp³-hybridized carbons (Fsp3) is 0.0667. The maximum Gasteiger partial charge on any atom is 0.126 e. The number of nitriles is 1. The molecule has 0 unspecified atom stereocenters. The average Bonchev–Trinajstić information content (AvgIpc) is 2.71. The van der Waals surface area contributed by atoms with E-state index in [-0.39, 0.29) is 6.54 Å². The summed E-state index contributed by atoms with van der Waals surface area (Å²) in [6.07, 6.45) is 0. The molecule has 2 aromatic carbocycles. The number of aliphatic imine (C=N–C) groups is 1. The van der Waals surface area contributed by atoms with Crippen LogP contribution in [0.5, 0.6) is 0 Å². The van der Waals surface area contributed by atoms with Crippen LogP contribution in [0.4, 0.5) is 0 Å². The Morgan fingerprint density at radius 2 is 1.29 bits per heavy atom. The van der Waals surface area contributed by atoms with Crippen molar-refractivity contribution in [3.63, 3.8) is 0 Å². The Labute approximate surface area is 99.9 Å². The summed E-state index contributed by atoms with van der Waals surface area (Å²) in [5.74, 6) is 0. The number of nitrogens with zero attached hydrogens (tertiary/aromatic N) is 2. The molecule has 0 N–H and O–H groups in total. The van der Waals surface area contributed by atoms with Gasteiger partial charge in [-0.1, -0.05) is 48.5 Å². The van der Waals surface area contributed by atoms with Gasteiger partial charge in [-0.05, 0) is 11.1 Å². The van der Waals surface area contributed by atoms with Crippen LogP contribution in [0.3, 0.4) is 0 Å². The van der Waals surface area contributed by atoms with E-state index < -0.39 is 0 Å². The molecule has 0 bridgehead atoms. The molecule has 80 valence electrons. The summed E-state index contributed by atoms with van der Waals surface area (Å²) in [6.45, 7) is 0.206. The molecule has 0 amide bonds. The summed E-state index contributed by atoms with van der Waals surface area (Å²) in [5, 5.41) is 8.67. The minimum atomic E-state index is 0.206. The fourth-order valence-corrected chi connectivity index (χ4v) is 2.28. The second-order valence-electron chi connectivity index (χ2n) is 3.91. The van der Waals surface area contributed by atoms with Crippen molar-refractivity contribution >= 4 is 5.71 Å². The van der Waals surface area contributed by atoms with Crippen molar-refractivity contribution in [1.82, 2.24) is 0 Å². The molecule has 2 heteroatoms. The first-order chi connectivity index (χ1) is 8.42. The summed E-state index contributed by atoms with van der Waals surface area (Å²) in [7, 11) is 0. The molecule has 1 aliphatic carbocycles. The van der Waals surface area contributed by atoms with Crippen molar-refractivity contribution in [1.29, 1.82) is 5.26 Å². The summed E-state index contributed by atoms with van der Waals surface area (Å²) >= 11 is 0. The molecular weight excluding hydrogens is 208 g/mol. The minimum absolute atomic E-state index is 0.206. The van der Waals surface area contributed by atoms with Gasteiger partial charge in [-0.15, -0.1) is 0 Å². The van der Waals surface area contributed by atoms with E-state index in [0.29, 0.717) is 0 Å². The highest BCUT2D eigenvalue weighted by atomic mass is 14.7. The zero-order chi connectivity index (χ0) is 11.7. The lowest BCUT2D eigenvalue weighted by atomic mass is 10.1. The van der Waals surface area contributed by atoms with Crippen molar-refractivity contribution < 1.29 is 0 Å². The predicted octanol–water partition coefficient (Wildman–Crippen LogP) is 3.03. The minimum Gasteiger partial charge on any atom is -0.269 e. The van der Waals surface area contributed by atoms with Crippen LogP contribution in [0.25, 0.3) is 11.1 Å². The lowest BCUT2D eigenvalue weighted by molar-refractivity contribution is 1.24. The third kappa shape index (κ3) is 1.44. The van der Waals surface area contributed by atoms with Crippen LogP contribution in [0.1, 0.15) is 11.1 Å².